The predicted octanol–water partition coefficient (Wildman–Crippen LogP) is 2.32. The molecule has 0 aromatic heterocycles. The zero-order valence-electron chi connectivity index (χ0n) is 13.7. The van der Waals surface area contributed by atoms with Crippen LogP contribution in [0.2, 0.25) is 5.02 Å². The fourth-order valence-corrected chi connectivity index (χ4v) is 3.91. The lowest BCUT2D eigenvalue weighted by Crippen LogP contribution is -2.56. The summed E-state index contributed by atoms with van der Waals surface area (Å²) in [5.74, 6) is -0.0522. The van der Waals surface area contributed by atoms with Crippen LogP contribution in [0.5, 0.6) is 0 Å². The van der Waals surface area contributed by atoms with Crippen molar-refractivity contribution in [3.05, 3.63) is 34.9 Å². The van der Waals surface area contributed by atoms with Crippen LogP contribution in [0.15, 0.2) is 24.3 Å². The smallest absolute Gasteiger partial charge is 0.329 e. The lowest BCUT2D eigenvalue weighted by molar-refractivity contribution is -0.148. The Morgan fingerprint density at radius 2 is 1.80 bits per heavy atom. The fourth-order valence-electron chi connectivity index (χ4n) is 2.60. The summed E-state index contributed by atoms with van der Waals surface area (Å²) in [4.78, 5) is 35.5. The Morgan fingerprint density at radius 1 is 1.16 bits per heavy atom. The molecule has 1 aliphatic rings. The quantitative estimate of drug-likeness (QED) is 0.627. The Hall–Kier alpha value is -1.73. The first-order chi connectivity index (χ1) is 11.9. The molecule has 1 fully saturated rings. The maximum Gasteiger partial charge on any atom is 0.329 e. The van der Waals surface area contributed by atoms with Crippen molar-refractivity contribution in [2.24, 2.45) is 0 Å². The highest BCUT2D eigenvalue weighted by molar-refractivity contribution is 7.99. The normalized spacial score (nSPS) is 16.0. The van der Waals surface area contributed by atoms with E-state index >= 15 is 0 Å². The summed E-state index contributed by atoms with van der Waals surface area (Å²) in [6, 6.07) is 6.53. The van der Waals surface area contributed by atoms with Gasteiger partial charge in [0.2, 0.25) is 5.91 Å². The number of amides is 2. The van der Waals surface area contributed by atoms with Crippen LogP contribution in [0.25, 0.3) is 0 Å². The second-order valence-electron chi connectivity index (χ2n) is 5.91. The van der Waals surface area contributed by atoms with Crippen LogP contribution < -0.4 is 10.6 Å². The topological polar surface area (TPSA) is 95.5 Å². The summed E-state index contributed by atoms with van der Waals surface area (Å²) < 4.78 is 0. The summed E-state index contributed by atoms with van der Waals surface area (Å²) in [7, 11) is 0. The van der Waals surface area contributed by atoms with E-state index in [0.717, 1.165) is 11.5 Å². The van der Waals surface area contributed by atoms with Gasteiger partial charge in [-0.1, -0.05) is 11.6 Å². The number of hydrogen-bond acceptors (Lipinski definition) is 4. The molecule has 1 aliphatic heterocycles. The minimum atomic E-state index is -1.14. The van der Waals surface area contributed by atoms with Gasteiger partial charge in [-0.2, -0.15) is 11.8 Å². The molecular weight excluding hydrogens is 364 g/mol. The van der Waals surface area contributed by atoms with Gasteiger partial charge in [0.1, 0.15) is 5.54 Å². The number of halogens is 1. The molecule has 1 aromatic rings. The summed E-state index contributed by atoms with van der Waals surface area (Å²) in [6.45, 7) is 0.338. The predicted molar refractivity (Wildman–Crippen MR) is 98.1 cm³/mol. The minimum Gasteiger partial charge on any atom is -0.480 e. The molecule has 25 heavy (non-hydrogen) atoms. The molecule has 0 aliphatic carbocycles. The summed E-state index contributed by atoms with van der Waals surface area (Å²) >= 11 is 7.47. The second kappa shape index (κ2) is 9.10. The van der Waals surface area contributed by atoms with E-state index in [4.69, 9.17) is 11.6 Å². The number of carboxylic acids is 1. The number of thioether (sulfide) groups is 1. The number of aliphatic carboxylic acids is 1. The van der Waals surface area contributed by atoms with Gasteiger partial charge < -0.3 is 15.7 Å². The lowest BCUT2D eigenvalue weighted by Gasteiger charge is -2.33. The molecule has 0 bridgehead atoms. The highest BCUT2D eigenvalue weighted by Crippen LogP contribution is 2.27. The first kappa shape index (κ1) is 19.6. The van der Waals surface area contributed by atoms with E-state index in [1.54, 1.807) is 36.0 Å². The molecule has 2 amide bonds. The van der Waals surface area contributed by atoms with E-state index in [1.807, 2.05) is 0 Å². The van der Waals surface area contributed by atoms with Crippen LogP contribution in [0.3, 0.4) is 0 Å². The van der Waals surface area contributed by atoms with Gasteiger partial charge in [-0.05, 0) is 55.0 Å². The van der Waals surface area contributed by atoms with Gasteiger partial charge in [0, 0.05) is 23.6 Å². The standard InChI is InChI=1S/C17H21ClN2O4S/c18-13-5-3-12(4-6-13)15(22)19-9-1-2-14(21)20-17(16(23)24)7-10-25-11-8-17/h3-6H,1-2,7-11H2,(H,19,22)(H,20,21)(H,23,24). The van der Waals surface area contributed by atoms with Gasteiger partial charge in [-0.15, -0.1) is 0 Å². The molecule has 8 heteroatoms. The highest BCUT2D eigenvalue weighted by Gasteiger charge is 2.40. The molecule has 1 heterocycles. The monoisotopic (exact) mass is 384 g/mol. The molecule has 0 radical (unpaired) electrons. The molecule has 3 N–H and O–H groups in total. The molecule has 0 unspecified atom stereocenters. The van der Waals surface area contributed by atoms with Crippen molar-refractivity contribution in [1.82, 2.24) is 10.6 Å². The third kappa shape index (κ3) is 5.64. The van der Waals surface area contributed by atoms with E-state index in [1.165, 1.54) is 0 Å². The SMILES string of the molecule is O=C(CCCNC(=O)c1ccc(Cl)cc1)NC1(C(=O)O)CCSCC1. The van der Waals surface area contributed by atoms with E-state index in [9.17, 15) is 19.5 Å². The third-order valence-electron chi connectivity index (χ3n) is 4.11. The van der Waals surface area contributed by atoms with Gasteiger partial charge in [-0.3, -0.25) is 9.59 Å². The number of benzene rings is 1. The van der Waals surface area contributed by atoms with Gasteiger partial charge >= 0.3 is 5.97 Å². The van der Waals surface area contributed by atoms with Gasteiger partial charge in [-0.25, -0.2) is 4.79 Å². The van der Waals surface area contributed by atoms with Crippen LogP contribution in [-0.4, -0.2) is 46.5 Å². The fraction of sp³-hybridized carbons (Fsp3) is 0.471. The zero-order chi connectivity index (χ0) is 18.3. The third-order valence-corrected chi connectivity index (χ3v) is 5.34. The Bertz CT molecular complexity index is 630. The summed E-state index contributed by atoms with van der Waals surface area (Å²) in [6.07, 6.45) is 1.48. The molecule has 6 nitrogen and oxygen atoms in total. The number of carbonyl (C=O) groups excluding carboxylic acids is 2. The van der Waals surface area contributed by atoms with E-state index in [2.05, 4.69) is 10.6 Å². The first-order valence-electron chi connectivity index (χ1n) is 8.09. The van der Waals surface area contributed by atoms with E-state index < -0.39 is 11.5 Å². The number of carbonyl (C=O) groups is 3. The summed E-state index contributed by atoms with van der Waals surface area (Å²) in [5.41, 5.74) is -0.645. The number of rotatable bonds is 7. The molecular formula is C17H21ClN2O4S. The average Bonchev–Trinajstić information content (AvgIpc) is 2.60. The Balaban J connectivity index is 1.73. The van der Waals surface area contributed by atoms with Crippen molar-refractivity contribution >= 4 is 41.1 Å². The maximum absolute atomic E-state index is 12.1. The molecule has 0 saturated carbocycles. The number of hydrogen-bond donors (Lipinski definition) is 3. The van der Waals surface area contributed by atoms with Crippen LogP contribution in [0.1, 0.15) is 36.0 Å². The van der Waals surface area contributed by atoms with Crippen molar-refractivity contribution in [3.8, 4) is 0 Å². The maximum atomic E-state index is 12.1. The zero-order valence-corrected chi connectivity index (χ0v) is 15.3. The Labute approximate surface area is 155 Å². The van der Waals surface area contributed by atoms with Crippen molar-refractivity contribution in [3.63, 3.8) is 0 Å². The molecule has 2 rings (SSSR count). The van der Waals surface area contributed by atoms with Crippen molar-refractivity contribution < 1.29 is 19.5 Å². The Kier molecular flexibility index (Phi) is 7.13. The molecule has 0 atom stereocenters. The van der Waals surface area contributed by atoms with Crippen LogP contribution in [0.4, 0.5) is 0 Å². The number of carboxylic acid groups (broad SMARTS) is 1. The van der Waals surface area contributed by atoms with Crippen LogP contribution in [-0.2, 0) is 9.59 Å². The van der Waals surface area contributed by atoms with Crippen LogP contribution >= 0.6 is 23.4 Å². The van der Waals surface area contributed by atoms with Crippen molar-refractivity contribution in [2.75, 3.05) is 18.1 Å². The molecule has 136 valence electrons. The van der Waals surface area contributed by atoms with E-state index in [0.29, 0.717) is 36.4 Å². The second-order valence-corrected chi connectivity index (χ2v) is 7.58. The van der Waals surface area contributed by atoms with Gasteiger partial charge in [0.05, 0.1) is 0 Å². The lowest BCUT2D eigenvalue weighted by atomic mass is 9.92. The largest absolute Gasteiger partial charge is 0.480 e. The minimum absolute atomic E-state index is 0.170. The molecule has 0 spiro atoms. The van der Waals surface area contributed by atoms with Crippen molar-refractivity contribution in [2.45, 2.75) is 31.2 Å². The van der Waals surface area contributed by atoms with Crippen molar-refractivity contribution in [1.29, 1.82) is 0 Å². The van der Waals surface area contributed by atoms with Gasteiger partial charge in [0.25, 0.3) is 5.91 Å². The molecule has 1 aromatic carbocycles. The average molecular weight is 385 g/mol. The first-order valence-corrected chi connectivity index (χ1v) is 9.62. The van der Waals surface area contributed by atoms with E-state index in [-0.39, 0.29) is 18.2 Å². The Morgan fingerprint density at radius 3 is 2.40 bits per heavy atom. The number of nitrogens with one attached hydrogen (secondary N) is 2. The highest BCUT2D eigenvalue weighted by atomic mass is 35.5. The molecule has 1 saturated heterocycles. The van der Waals surface area contributed by atoms with Gasteiger partial charge in [0.15, 0.2) is 0 Å². The summed E-state index contributed by atoms with van der Waals surface area (Å²) in [5, 5.41) is 15.4. The van der Waals surface area contributed by atoms with Crippen LogP contribution in [0, 0.1) is 0 Å².